The third-order valence-electron chi connectivity index (χ3n) is 2.68. The normalized spacial score (nSPS) is 10.8. The van der Waals surface area contributed by atoms with Crippen molar-refractivity contribution in [2.24, 2.45) is 5.73 Å². The molecule has 0 saturated heterocycles. The molecule has 0 aliphatic carbocycles. The first-order valence-electron chi connectivity index (χ1n) is 5.92. The highest BCUT2D eigenvalue weighted by Crippen LogP contribution is 2.38. The van der Waals surface area contributed by atoms with Crippen molar-refractivity contribution in [3.05, 3.63) is 56.0 Å². The number of hydrogen-bond acceptors (Lipinski definition) is 2. The second kappa shape index (κ2) is 6.92. The van der Waals surface area contributed by atoms with Gasteiger partial charge in [0.2, 0.25) is 0 Å². The molecule has 0 fully saturated rings. The van der Waals surface area contributed by atoms with Gasteiger partial charge < -0.3 is 10.5 Å². The van der Waals surface area contributed by atoms with Crippen molar-refractivity contribution in [1.29, 1.82) is 0 Å². The third-order valence-corrected chi connectivity index (χ3v) is 4.17. The molecular weight excluding hydrogens is 387 g/mol. The van der Waals surface area contributed by atoms with Crippen LogP contribution in [-0.4, -0.2) is 6.54 Å². The van der Waals surface area contributed by atoms with E-state index in [2.05, 4.69) is 15.9 Å². The Bertz CT molecular complexity index is 659. The third kappa shape index (κ3) is 3.86. The van der Waals surface area contributed by atoms with Crippen LogP contribution in [0, 0.1) is 11.6 Å². The highest BCUT2D eigenvalue weighted by molar-refractivity contribution is 9.10. The van der Waals surface area contributed by atoms with Crippen LogP contribution in [0.3, 0.4) is 0 Å². The summed E-state index contributed by atoms with van der Waals surface area (Å²) < 4.78 is 33.7. The molecule has 0 unspecified atom stereocenters. The van der Waals surface area contributed by atoms with E-state index in [0.29, 0.717) is 28.0 Å². The summed E-state index contributed by atoms with van der Waals surface area (Å²) in [7, 11) is 0. The zero-order valence-corrected chi connectivity index (χ0v) is 13.7. The van der Waals surface area contributed by atoms with E-state index in [1.54, 1.807) is 0 Å². The van der Waals surface area contributed by atoms with Crippen LogP contribution in [0.4, 0.5) is 8.78 Å². The van der Waals surface area contributed by atoms with Crippen LogP contribution < -0.4 is 10.5 Å². The molecular formula is C14H10BrCl2F2NO. The smallest absolute Gasteiger partial charge is 0.198 e. The minimum absolute atomic E-state index is 0.0641. The molecule has 0 aliphatic heterocycles. The Kier molecular flexibility index (Phi) is 5.43. The summed E-state index contributed by atoms with van der Waals surface area (Å²) >= 11 is 15.1. The Morgan fingerprint density at radius 1 is 1.05 bits per heavy atom. The van der Waals surface area contributed by atoms with Crippen LogP contribution in [0.15, 0.2) is 28.7 Å². The van der Waals surface area contributed by atoms with Gasteiger partial charge in [-0.25, -0.2) is 8.78 Å². The first-order chi connectivity index (χ1) is 9.92. The lowest BCUT2D eigenvalue weighted by Gasteiger charge is -2.11. The monoisotopic (exact) mass is 395 g/mol. The van der Waals surface area contributed by atoms with Gasteiger partial charge in [-0.2, -0.15) is 0 Å². The van der Waals surface area contributed by atoms with Crippen molar-refractivity contribution < 1.29 is 13.5 Å². The van der Waals surface area contributed by atoms with Crippen LogP contribution in [0.5, 0.6) is 11.5 Å². The van der Waals surface area contributed by atoms with E-state index in [0.717, 1.165) is 0 Å². The number of halogens is 5. The molecule has 0 heterocycles. The number of rotatable bonds is 4. The summed E-state index contributed by atoms with van der Waals surface area (Å²) in [6, 6.07) is 5.22. The first-order valence-corrected chi connectivity index (χ1v) is 7.47. The van der Waals surface area contributed by atoms with Gasteiger partial charge in [0.15, 0.2) is 17.4 Å². The van der Waals surface area contributed by atoms with Crippen LogP contribution in [0.1, 0.15) is 5.56 Å². The molecule has 2 aromatic carbocycles. The number of hydrogen-bond donors (Lipinski definition) is 1. The van der Waals surface area contributed by atoms with Gasteiger partial charge in [-0.3, -0.25) is 0 Å². The summed E-state index contributed by atoms with van der Waals surface area (Å²) in [4.78, 5) is 0. The van der Waals surface area contributed by atoms with Crippen LogP contribution in [-0.2, 0) is 6.42 Å². The van der Waals surface area contributed by atoms with Gasteiger partial charge >= 0.3 is 0 Å². The van der Waals surface area contributed by atoms with Crippen LogP contribution >= 0.6 is 39.1 Å². The fourth-order valence-electron chi connectivity index (χ4n) is 1.71. The SMILES string of the molecule is NCCc1cc(F)c(Oc2cc(Cl)c(Br)cc2Cl)c(F)c1. The Morgan fingerprint density at radius 2 is 1.67 bits per heavy atom. The largest absolute Gasteiger partial charge is 0.450 e. The molecule has 0 amide bonds. The minimum Gasteiger partial charge on any atom is -0.450 e. The zero-order valence-electron chi connectivity index (χ0n) is 10.6. The molecule has 2 aromatic rings. The van der Waals surface area contributed by atoms with E-state index < -0.39 is 17.4 Å². The molecule has 0 spiro atoms. The maximum absolute atomic E-state index is 13.9. The predicted octanol–water partition coefficient (Wildman–Crippen LogP) is 5.33. The summed E-state index contributed by atoms with van der Waals surface area (Å²) in [5.74, 6) is -2.12. The molecule has 2 nitrogen and oxygen atoms in total. The predicted molar refractivity (Wildman–Crippen MR) is 83.4 cm³/mol. The lowest BCUT2D eigenvalue weighted by Crippen LogP contribution is -2.04. The highest BCUT2D eigenvalue weighted by Gasteiger charge is 2.16. The minimum atomic E-state index is -0.825. The number of nitrogens with two attached hydrogens (primary N) is 1. The van der Waals surface area contributed by atoms with E-state index in [1.165, 1.54) is 24.3 Å². The summed E-state index contributed by atoms with van der Waals surface area (Å²) in [6.07, 6.45) is 0.374. The molecule has 0 aliphatic rings. The molecule has 112 valence electrons. The maximum atomic E-state index is 13.9. The van der Waals surface area contributed by atoms with Gasteiger partial charge in [-0.05, 0) is 52.7 Å². The standard InChI is InChI=1S/C14H10BrCl2F2NO/c15-8-5-10(17)13(6-9(8)16)21-14-11(18)3-7(1-2-20)4-12(14)19/h3-6H,1-2,20H2. The molecule has 0 atom stereocenters. The average Bonchev–Trinajstić information content (AvgIpc) is 2.40. The van der Waals surface area contributed by atoms with Gasteiger partial charge in [0.05, 0.1) is 10.0 Å². The molecule has 0 aromatic heterocycles. The molecule has 0 bridgehead atoms. The maximum Gasteiger partial charge on any atom is 0.198 e. The second-order valence-electron chi connectivity index (χ2n) is 4.23. The van der Waals surface area contributed by atoms with E-state index in [1.807, 2.05) is 0 Å². The first kappa shape index (κ1) is 16.5. The van der Waals surface area contributed by atoms with Gasteiger partial charge in [0.25, 0.3) is 0 Å². The Balaban J connectivity index is 2.38. The van der Waals surface area contributed by atoms with Crippen molar-refractivity contribution in [2.45, 2.75) is 6.42 Å². The van der Waals surface area contributed by atoms with E-state index in [9.17, 15) is 8.78 Å². The lowest BCUT2D eigenvalue weighted by molar-refractivity contribution is 0.406. The van der Waals surface area contributed by atoms with Gasteiger partial charge in [-0.15, -0.1) is 0 Å². The van der Waals surface area contributed by atoms with Crippen molar-refractivity contribution in [3.63, 3.8) is 0 Å². The summed E-state index contributed by atoms with van der Waals surface area (Å²) in [5, 5.41) is 0.492. The van der Waals surface area contributed by atoms with E-state index in [-0.39, 0.29) is 10.8 Å². The molecule has 2 N–H and O–H groups in total. The average molecular weight is 397 g/mol. The van der Waals surface area contributed by atoms with Crippen LogP contribution in [0.2, 0.25) is 10.0 Å². The summed E-state index contributed by atoms with van der Waals surface area (Å²) in [6.45, 7) is 0.299. The van der Waals surface area contributed by atoms with Crippen LogP contribution in [0.25, 0.3) is 0 Å². The molecule has 2 rings (SSSR count). The fraction of sp³-hybridized carbons (Fsp3) is 0.143. The summed E-state index contributed by atoms with van der Waals surface area (Å²) in [5.41, 5.74) is 5.82. The van der Waals surface area contributed by atoms with Gasteiger partial charge in [0, 0.05) is 10.5 Å². The van der Waals surface area contributed by atoms with Crippen molar-refractivity contribution in [1.82, 2.24) is 0 Å². The molecule has 0 saturated carbocycles. The quantitative estimate of drug-likeness (QED) is 0.709. The van der Waals surface area contributed by atoms with E-state index in [4.69, 9.17) is 33.7 Å². The lowest BCUT2D eigenvalue weighted by atomic mass is 10.1. The second-order valence-corrected chi connectivity index (χ2v) is 5.89. The molecule has 0 radical (unpaired) electrons. The van der Waals surface area contributed by atoms with Crippen molar-refractivity contribution in [2.75, 3.05) is 6.54 Å². The number of benzene rings is 2. The van der Waals surface area contributed by atoms with Gasteiger partial charge in [0.1, 0.15) is 5.75 Å². The molecule has 21 heavy (non-hydrogen) atoms. The fourth-order valence-corrected chi connectivity index (χ4v) is 2.54. The van der Waals surface area contributed by atoms with Crippen molar-refractivity contribution >= 4 is 39.1 Å². The Hall–Kier alpha value is -0.880. The topological polar surface area (TPSA) is 35.2 Å². The Morgan fingerprint density at radius 3 is 2.24 bits per heavy atom. The van der Waals surface area contributed by atoms with Gasteiger partial charge in [-0.1, -0.05) is 23.2 Å². The van der Waals surface area contributed by atoms with E-state index >= 15 is 0 Å². The number of ether oxygens (including phenoxy) is 1. The highest BCUT2D eigenvalue weighted by atomic mass is 79.9. The zero-order chi connectivity index (χ0) is 15.6. The van der Waals surface area contributed by atoms with Crippen molar-refractivity contribution in [3.8, 4) is 11.5 Å². The molecule has 7 heteroatoms. The Labute approximate surface area is 138 Å².